The molecule has 116 valence electrons. The third kappa shape index (κ3) is 4.15. The average Bonchev–Trinajstić information content (AvgIpc) is 3.23. The Labute approximate surface area is 134 Å². The van der Waals surface area contributed by atoms with Gasteiger partial charge < -0.3 is 10.1 Å². The van der Waals surface area contributed by atoms with Crippen molar-refractivity contribution in [3.8, 4) is 0 Å². The molecule has 22 heavy (non-hydrogen) atoms. The van der Waals surface area contributed by atoms with E-state index in [2.05, 4.69) is 34.6 Å². The van der Waals surface area contributed by atoms with Crippen molar-refractivity contribution in [3.05, 3.63) is 52.0 Å². The van der Waals surface area contributed by atoms with Crippen molar-refractivity contribution in [2.75, 3.05) is 6.61 Å². The van der Waals surface area contributed by atoms with Gasteiger partial charge in [0.15, 0.2) is 0 Å². The fraction of sp³-hybridized carbons (Fsp3) is 0.412. The van der Waals surface area contributed by atoms with Crippen molar-refractivity contribution >= 4 is 17.2 Å². The minimum Gasteiger partial charge on any atom is -0.368 e. The zero-order valence-electron chi connectivity index (χ0n) is 12.5. The maximum absolute atomic E-state index is 11.9. The molecule has 2 heterocycles. The van der Waals surface area contributed by atoms with Gasteiger partial charge in [-0.25, -0.2) is 4.98 Å². The fourth-order valence-corrected chi connectivity index (χ4v) is 3.31. The first kappa shape index (κ1) is 15.2. The standard InChI is InChI=1S/C17H20N2O2S/c20-17(15-7-4-10-21-15)18-11-14-12-22-16(19-14)9-8-13-5-2-1-3-6-13/h1-3,5-6,12,15H,4,7-11H2,(H,18,20)/t15-/m0/s1. The van der Waals surface area contributed by atoms with E-state index in [9.17, 15) is 4.79 Å². The summed E-state index contributed by atoms with van der Waals surface area (Å²) in [4.78, 5) is 16.5. The Morgan fingerprint density at radius 2 is 2.18 bits per heavy atom. The lowest BCUT2D eigenvalue weighted by atomic mass is 10.1. The van der Waals surface area contributed by atoms with Gasteiger partial charge in [-0.15, -0.1) is 11.3 Å². The van der Waals surface area contributed by atoms with E-state index in [-0.39, 0.29) is 12.0 Å². The molecule has 0 radical (unpaired) electrons. The summed E-state index contributed by atoms with van der Waals surface area (Å²) in [5.41, 5.74) is 2.25. The molecule has 1 aliphatic heterocycles. The number of aromatic nitrogens is 1. The third-order valence-electron chi connectivity index (χ3n) is 3.74. The zero-order valence-corrected chi connectivity index (χ0v) is 13.3. The van der Waals surface area contributed by atoms with Gasteiger partial charge in [0.1, 0.15) is 6.10 Å². The molecule has 1 aromatic carbocycles. The van der Waals surface area contributed by atoms with E-state index in [0.717, 1.165) is 36.4 Å². The topological polar surface area (TPSA) is 51.2 Å². The Bertz CT molecular complexity index is 606. The molecule has 4 nitrogen and oxygen atoms in total. The second-order valence-electron chi connectivity index (χ2n) is 5.44. The fourth-order valence-electron chi connectivity index (χ4n) is 2.52. The van der Waals surface area contributed by atoms with Crippen LogP contribution in [0.15, 0.2) is 35.7 Å². The predicted octanol–water partition coefficient (Wildman–Crippen LogP) is 2.72. The SMILES string of the molecule is O=C(NCc1csc(CCc2ccccc2)n1)[C@@H]1CCCO1. The van der Waals surface area contributed by atoms with Gasteiger partial charge in [-0.1, -0.05) is 30.3 Å². The molecule has 0 aliphatic carbocycles. The van der Waals surface area contributed by atoms with Crippen molar-refractivity contribution in [2.45, 2.75) is 38.3 Å². The number of nitrogens with zero attached hydrogens (tertiary/aromatic N) is 1. The lowest BCUT2D eigenvalue weighted by Crippen LogP contribution is -2.33. The van der Waals surface area contributed by atoms with Crippen LogP contribution in [0.4, 0.5) is 0 Å². The molecule has 1 saturated heterocycles. The average molecular weight is 316 g/mol. The number of benzene rings is 1. The highest BCUT2D eigenvalue weighted by molar-refractivity contribution is 7.09. The van der Waals surface area contributed by atoms with Gasteiger partial charge in [0, 0.05) is 18.4 Å². The summed E-state index contributed by atoms with van der Waals surface area (Å²) < 4.78 is 5.37. The van der Waals surface area contributed by atoms with E-state index in [1.165, 1.54) is 5.56 Å². The summed E-state index contributed by atoms with van der Waals surface area (Å²) in [5.74, 6) is -0.0173. The van der Waals surface area contributed by atoms with Gasteiger partial charge in [-0.3, -0.25) is 4.79 Å². The summed E-state index contributed by atoms with van der Waals surface area (Å²) >= 11 is 1.66. The van der Waals surface area contributed by atoms with Crippen LogP contribution >= 0.6 is 11.3 Å². The van der Waals surface area contributed by atoms with Crippen LogP contribution in [0.1, 0.15) is 29.1 Å². The maximum atomic E-state index is 11.9. The first-order valence-electron chi connectivity index (χ1n) is 7.68. The molecule has 3 rings (SSSR count). The number of hydrogen-bond acceptors (Lipinski definition) is 4. The number of nitrogens with one attached hydrogen (secondary N) is 1. The monoisotopic (exact) mass is 316 g/mol. The van der Waals surface area contributed by atoms with E-state index < -0.39 is 0 Å². The van der Waals surface area contributed by atoms with Gasteiger partial charge in [0.05, 0.1) is 17.2 Å². The Morgan fingerprint density at radius 3 is 2.95 bits per heavy atom. The Kier molecular flexibility index (Phi) is 5.19. The summed E-state index contributed by atoms with van der Waals surface area (Å²) in [6.07, 6.45) is 3.46. The highest BCUT2D eigenvalue weighted by Gasteiger charge is 2.23. The normalized spacial score (nSPS) is 17.5. The van der Waals surface area contributed by atoms with Gasteiger partial charge in [0.2, 0.25) is 5.91 Å². The number of ether oxygens (including phenoxy) is 1. The van der Waals surface area contributed by atoms with Gasteiger partial charge >= 0.3 is 0 Å². The molecule has 1 aliphatic rings. The van der Waals surface area contributed by atoms with Crippen LogP contribution in [-0.4, -0.2) is 23.6 Å². The van der Waals surface area contributed by atoms with E-state index >= 15 is 0 Å². The number of amides is 1. The van der Waals surface area contributed by atoms with E-state index in [1.54, 1.807) is 11.3 Å². The van der Waals surface area contributed by atoms with Crippen LogP contribution in [0.25, 0.3) is 0 Å². The molecule has 0 saturated carbocycles. The molecule has 1 amide bonds. The molecular formula is C17H20N2O2S. The molecule has 1 fully saturated rings. The molecule has 5 heteroatoms. The van der Waals surface area contributed by atoms with Gasteiger partial charge in [-0.2, -0.15) is 0 Å². The Morgan fingerprint density at radius 1 is 1.32 bits per heavy atom. The zero-order chi connectivity index (χ0) is 15.2. The summed E-state index contributed by atoms with van der Waals surface area (Å²) in [7, 11) is 0. The molecule has 0 unspecified atom stereocenters. The second kappa shape index (κ2) is 7.51. The molecule has 1 atom stereocenters. The minimum absolute atomic E-state index is 0.0173. The molecule has 0 bridgehead atoms. The number of carbonyl (C=O) groups is 1. The van der Waals surface area contributed by atoms with Crippen LogP contribution in [0, 0.1) is 0 Å². The first-order chi connectivity index (χ1) is 10.8. The smallest absolute Gasteiger partial charge is 0.249 e. The number of carbonyl (C=O) groups excluding carboxylic acids is 1. The van der Waals surface area contributed by atoms with E-state index in [4.69, 9.17) is 4.74 Å². The van der Waals surface area contributed by atoms with Crippen molar-refractivity contribution in [1.29, 1.82) is 0 Å². The largest absolute Gasteiger partial charge is 0.368 e. The minimum atomic E-state index is -0.267. The van der Waals surface area contributed by atoms with E-state index in [1.807, 2.05) is 11.4 Å². The third-order valence-corrected chi connectivity index (χ3v) is 4.69. The van der Waals surface area contributed by atoms with Crippen molar-refractivity contribution in [2.24, 2.45) is 0 Å². The first-order valence-corrected chi connectivity index (χ1v) is 8.56. The predicted molar refractivity (Wildman–Crippen MR) is 86.8 cm³/mol. The van der Waals surface area contributed by atoms with E-state index in [0.29, 0.717) is 13.2 Å². The highest BCUT2D eigenvalue weighted by atomic mass is 32.1. The molecular weight excluding hydrogens is 296 g/mol. The maximum Gasteiger partial charge on any atom is 0.249 e. The molecule has 2 aromatic rings. The number of hydrogen-bond donors (Lipinski definition) is 1. The van der Waals surface area contributed by atoms with Gasteiger partial charge in [0.25, 0.3) is 0 Å². The molecule has 1 N–H and O–H groups in total. The Balaban J connectivity index is 1.45. The molecule has 1 aromatic heterocycles. The van der Waals surface area contributed by atoms with Gasteiger partial charge in [-0.05, 0) is 24.8 Å². The summed E-state index contributed by atoms with van der Waals surface area (Å²) in [6, 6.07) is 10.4. The lowest BCUT2D eigenvalue weighted by molar-refractivity contribution is -0.130. The second-order valence-corrected chi connectivity index (χ2v) is 6.38. The highest BCUT2D eigenvalue weighted by Crippen LogP contribution is 2.14. The van der Waals surface area contributed by atoms with Crippen molar-refractivity contribution in [1.82, 2.24) is 10.3 Å². The van der Waals surface area contributed by atoms with Crippen LogP contribution in [0.2, 0.25) is 0 Å². The van der Waals surface area contributed by atoms with Crippen molar-refractivity contribution in [3.63, 3.8) is 0 Å². The van der Waals surface area contributed by atoms with Crippen molar-refractivity contribution < 1.29 is 9.53 Å². The van der Waals surface area contributed by atoms with Crippen LogP contribution in [-0.2, 0) is 28.9 Å². The summed E-state index contributed by atoms with van der Waals surface area (Å²) in [6.45, 7) is 1.18. The number of aryl methyl sites for hydroxylation is 2. The number of rotatable bonds is 6. The molecule has 0 spiro atoms. The quantitative estimate of drug-likeness (QED) is 0.891. The summed E-state index contributed by atoms with van der Waals surface area (Å²) in [5, 5.41) is 6.05. The van der Waals surface area contributed by atoms with Crippen LogP contribution in [0.3, 0.4) is 0 Å². The Hall–Kier alpha value is -1.72. The number of thiazole rings is 1. The lowest BCUT2D eigenvalue weighted by Gasteiger charge is -2.08. The van der Waals surface area contributed by atoms with Crippen LogP contribution in [0.5, 0.6) is 0 Å². The van der Waals surface area contributed by atoms with Crippen LogP contribution < -0.4 is 5.32 Å².